The van der Waals surface area contributed by atoms with Gasteiger partial charge in [0, 0.05) is 18.7 Å². The van der Waals surface area contributed by atoms with Crippen LogP contribution < -0.4 is 4.74 Å². The highest BCUT2D eigenvalue weighted by molar-refractivity contribution is 6.67. The van der Waals surface area contributed by atoms with Crippen LogP contribution in [0.1, 0.15) is 26.2 Å². The number of ether oxygens (including phenoxy) is 2. The molecule has 0 saturated carbocycles. The summed E-state index contributed by atoms with van der Waals surface area (Å²) >= 11 is 28.6. The lowest BCUT2D eigenvalue weighted by Gasteiger charge is -2.10. The van der Waals surface area contributed by atoms with Crippen molar-refractivity contribution >= 4 is 63.7 Å². The quantitative estimate of drug-likeness (QED) is 0.187. The van der Waals surface area contributed by atoms with Crippen molar-refractivity contribution in [2.45, 2.75) is 30.0 Å². The first-order valence-electron chi connectivity index (χ1n) is 7.80. The SMILES string of the molecule is CC(COCCCCCOc1c(Cl)cc(O)cc1Cl)=NOCC(Cl)(Cl)Cl. The van der Waals surface area contributed by atoms with Crippen LogP contribution in [0, 0.1) is 0 Å². The van der Waals surface area contributed by atoms with E-state index < -0.39 is 3.79 Å². The second kappa shape index (κ2) is 12.2. The van der Waals surface area contributed by atoms with Crippen molar-refractivity contribution in [2.75, 3.05) is 26.4 Å². The van der Waals surface area contributed by atoms with E-state index in [1.165, 1.54) is 12.1 Å². The maximum atomic E-state index is 9.36. The van der Waals surface area contributed by atoms with Gasteiger partial charge in [0.2, 0.25) is 3.79 Å². The number of unbranched alkanes of at least 4 members (excludes halogenated alkanes) is 2. The summed E-state index contributed by atoms with van der Waals surface area (Å²) in [6.07, 6.45) is 2.59. The molecule has 26 heavy (non-hydrogen) atoms. The third kappa shape index (κ3) is 10.8. The molecule has 0 radical (unpaired) electrons. The Labute approximate surface area is 178 Å². The van der Waals surface area contributed by atoms with E-state index in [1.54, 1.807) is 6.92 Å². The first-order chi connectivity index (χ1) is 12.2. The standard InChI is InChI=1S/C16H20Cl5NO4/c1-11(22-26-10-16(19,20)21)9-24-5-3-2-4-6-25-15-13(17)7-12(23)8-14(15)18/h7-8,23H,2-6,9-10H2,1H3. The lowest BCUT2D eigenvalue weighted by Crippen LogP contribution is -2.12. The molecule has 0 bridgehead atoms. The van der Waals surface area contributed by atoms with Crippen LogP contribution in [0.15, 0.2) is 17.3 Å². The number of benzene rings is 1. The molecule has 0 heterocycles. The molecule has 0 atom stereocenters. The van der Waals surface area contributed by atoms with E-state index in [2.05, 4.69) is 5.16 Å². The number of phenols is 1. The number of rotatable bonds is 11. The van der Waals surface area contributed by atoms with Crippen molar-refractivity contribution in [2.24, 2.45) is 5.16 Å². The minimum absolute atomic E-state index is 0.000951. The van der Waals surface area contributed by atoms with Gasteiger partial charge in [-0.25, -0.2) is 0 Å². The van der Waals surface area contributed by atoms with Crippen molar-refractivity contribution in [3.63, 3.8) is 0 Å². The van der Waals surface area contributed by atoms with Gasteiger partial charge in [0.05, 0.1) is 29.0 Å². The predicted molar refractivity (Wildman–Crippen MR) is 108 cm³/mol. The molecule has 0 aliphatic carbocycles. The highest BCUT2D eigenvalue weighted by Crippen LogP contribution is 2.36. The van der Waals surface area contributed by atoms with Crippen molar-refractivity contribution in [3.05, 3.63) is 22.2 Å². The van der Waals surface area contributed by atoms with Crippen molar-refractivity contribution in [1.29, 1.82) is 0 Å². The third-order valence-electron chi connectivity index (χ3n) is 2.92. The average Bonchev–Trinajstić information content (AvgIpc) is 2.50. The van der Waals surface area contributed by atoms with E-state index >= 15 is 0 Å². The molecular weight excluding hydrogens is 447 g/mol. The summed E-state index contributed by atoms with van der Waals surface area (Å²) in [5.41, 5.74) is 0.652. The smallest absolute Gasteiger partial charge is 0.226 e. The fourth-order valence-corrected chi connectivity index (χ4v) is 2.53. The van der Waals surface area contributed by atoms with E-state index in [0.29, 0.717) is 31.3 Å². The van der Waals surface area contributed by atoms with Gasteiger partial charge in [0.15, 0.2) is 12.4 Å². The fourth-order valence-electron chi connectivity index (χ4n) is 1.80. The summed E-state index contributed by atoms with van der Waals surface area (Å²) < 4.78 is 9.54. The number of oxime groups is 1. The Morgan fingerprint density at radius 1 is 1.08 bits per heavy atom. The Morgan fingerprint density at radius 2 is 1.69 bits per heavy atom. The third-order valence-corrected chi connectivity index (χ3v) is 3.81. The number of aromatic hydroxyl groups is 1. The molecule has 0 spiro atoms. The maximum Gasteiger partial charge on any atom is 0.226 e. The van der Waals surface area contributed by atoms with Crippen LogP contribution in [0.25, 0.3) is 0 Å². The Hall–Kier alpha value is -0.300. The van der Waals surface area contributed by atoms with Crippen molar-refractivity contribution in [1.82, 2.24) is 0 Å². The molecule has 5 nitrogen and oxygen atoms in total. The molecule has 0 saturated heterocycles. The molecule has 0 unspecified atom stereocenters. The van der Waals surface area contributed by atoms with Gasteiger partial charge in [0.1, 0.15) is 5.75 Å². The molecule has 1 aromatic carbocycles. The van der Waals surface area contributed by atoms with Gasteiger partial charge in [-0.3, -0.25) is 0 Å². The van der Waals surface area contributed by atoms with Gasteiger partial charge in [-0.2, -0.15) is 0 Å². The minimum atomic E-state index is -1.48. The fraction of sp³-hybridized carbons (Fsp3) is 0.562. The van der Waals surface area contributed by atoms with E-state index in [-0.39, 0.29) is 22.4 Å². The van der Waals surface area contributed by atoms with Crippen LogP contribution in [-0.4, -0.2) is 41.0 Å². The van der Waals surface area contributed by atoms with Crippen LogP contribution in [0.2, 0.25) is 10.0 Å². The summed E-state index contributed by atoms with van der Waals surface area (Å²) in [6.45, 7) is 3.03. The zero-order valence-electron chi connectivity index (χ0n) is 14.1. The maximum absolute atomic E-state index is 9.36. The summed E-state index contributed by atoms with van der Waals surface area (Å²) in [4.78, 5) is 4.90. The molecular formula is C16H20Cl5NO4. The Balaban J connectivity index is 2.09. The molecule has 148 valence electrons. The topological polar surface area (TPSA) is 60.3 Å². The van der Waals surface area contributed by atoms with Gasteiger partial charge in [-0.15, -0.1) is 0 Å². The zero-order chi connectivity index (χ0) is 19.6. The van der Waals surface area contributed by atoms with Crippen LogP contribution in [0.4, 0.5) is 0 Å². The molecule has 0 aliphatic rings. The molecule has 0 amide bonds. The van der Waals surface area contributed by atoms with Gasteiger partial charge in [0.25, 0.3) is 0 Å². The lowest BCUT2D eigenvalue weighted by molar-refractivity contribution is 0.136. The number of halogens is 5. The molecule has 1 aromatic rings. The second-order valence-electron chi connectivity index (χ2n) is 5.42. The summed E-state index contributed by atoms with van der Waals surface area (Å²) in [5.74, 6) is 0.380. The van der Waals surface area contributed by atoms with Crippen LogP contribution >= 0.6 is 58.0 Å². The zero-order valence-corrected chi connectivity index (χ0v) is 17.9. The molecule has 0 fully saturated rings. The van der Waals surface area contributed by atoms with E-state index in [0.717, 1.165) is 19.3 Å². The summed E-state index contributed by atoms with van der Waals surface area (Å²) in [6, 6.07) is 2.77. The van der Waals surface area contributed by atoms with E-state index in [1.807, 2.05) is 0 Å². The van der Waals surface area contributed by atoms with E-state index in [9.17, 15) is 5.11 Å². The Morgan fingerprint density at radius 3 is 2.31 bits per heavy atom. The molecule has 1 N–H and O–H groups in total. The normalized spacial score (nSPS) is 12.3. The van der Waals surface area contributed by atoms with Crippen molar-refractivity contribution in [3.8, 4) is 11.5 Å². The molecule has 1 rings (SSSR count). The monoisotopic (exact) mass is 465 g/mol. The first kappa shape index (κ1) is 23.7. The van der Waals surface area contributed by atoms with Gasteiger partial charge < -0.3 is 19.4 Å². The summed E-state index contributed by atoms with van der Waals surface area (Å²) in [7, 11) is 0. The second-order valence-corrected chi connectivity index (χ2v) is 8.75. The van der Waals surface area contributed by atoms with Crippen LogP contribution in [-0.2, 0) is 9.57 Å². The van der Waals surface area contributed by atoms with E-state index in [4.69, 9.17) is 72.3 Å². The predicted octanol–water partition coefficient (Wildman–Crippen LogP) is 6.03. The first-order valence-corrected chi connectivity index (χ1v) is 9.69. The Kier molecular flexibility index (Phi) is 11.2. The average molecular weight is 468 g/mol. The number of phenolic OH excluding ortho intramolecular Hbond substituents is 1. The van der Waals surface area contributed by atoms with Crippen LogP contribution in [0.3, 0.4) is 0 Å². The number of hydrogen-bond acceptors (Lipinski definition) is 5. The van der Waals surface area contributed by atoms with Crippen molar-refractivity contribution < 1.29 is 19.4 Å². The highest BCUT2D eigenvalue weighted by Gasteiger charge is 2.20. The molecule has 0 aliphatic heterocycles. The Bertz CT molecular complexity index is 569. The number of alkyl halides is 3. The largest absolute Gasteiger partial charge is 0.508 e. The molecule has 0 aromatic heterocycles. The van der Waals surface area contributed by atoms with Gasteiger partial charge >= 0.3 is 0 Å². The summed E-state index contributed by atoms with van der Waals surface area (Å²) in [5, 5.41) is 13.7. The lowest BCUT2D eigenvalue weighted by atomic mass is 10.2. The minimum Gasteiger partial charge on any atom is -0.508 e. The number of nitrogens with zero attached hydrogens (tertiary/aromatic N) is 1. The molecule has 10 heteroatoms. The number of hydrogen-bond donors (Lipinski definition) is 1. The van der Waals surface area contributed by atoms with Crippen LogP contribution in [0.5, 0.6) is 11.5 Å². The van der Waals surface area contributed by atoms with Gasteiger partial charge in [-0.05, 0) is 26.2 Å². The van der Waals surface area contributed by atoms with Gasteiger partial charge in [-0.1, -0.05) is 63.2 Å². The highest BCUT2D eigenvalue weighted by atomic mass is 35.6.